The van der Waals surface area contributed by atoms with Gasteiger partial charge >= 0.3 is 0 Å². The number of nitrogens with zero attached hydrogens (tertiary/aromatic N) is 1. The Morgan fingerprint density at radius 2 is 2.13 bits per heavy atom. The van der Waals surface area contributed by atoms with Gasteiger partial charge in [-0.3, -0.25) is 0 Å². The van der Waals surface area contributed by atoms with Crippen LogP contribution in [0.25, 0.3) is 0 Å². The van der Waals surface area contributed by atoms with E-state index in [1.54, 1.807) is 6.07 Å². The summed E-state index contributed by atoms with van der Waals surface area (Å²) >= 11 is 9.00. The van der Waals surface area contributed by atoms with Gasteiger partial charge in [0.25, 0.3) is 0 Å². The lowest BCUT2D eigenvalue weighted by molar-refractivity contribution is 0.312. The van der Waals surface area contributed by atoms with Gasteiger partial charge in [-0.05, 0) is 31.4 Å². The molecule has 0 heterocycles. The lowest BCUT2D eigenvalue weighted by Gasteiger charge is -2.36. The molecule has 0 aromatic heterocycles. The Morgan fingerprint density at radius 3 is 2.53 bits per heavy atom. The highest BCUT2D eigenvalue weighted by Gasteiger charge is 2.42. The van der Waals surface area contributed by atoms with Crippen LogP contribution in [0.2, 0.25) is 5.02 Å². The number of nitriles is 1. The molecule has 0 unspecified atom stereocenters. The molecule has 4 heteroatoms. The summed E-state index contributed by atoms with van der Waals surface area (Å²) in [5, 5.41) is 9.48. The van der Waals surface area contributed by atoms with E-state index < -0.39 is 11.2 Å². The standard InChI is InChI=1S/C11H8BrClFN/c12-8-4-7(13)5-9(14)10(8)11(6-15)2-1-3-11/h4-5H,1-3H2. The summed E-state index contributed by atoms with van der Waals surface area (Å²) < 4.78 is 14.3. The third-order valence-corrected chi connectivity index (χ3v) is 3.75. The first-order valence-electron chi connectivity index (χ1n) is 4.65. The van der Waals surface area contributed by atoms with Gasteiger partial charge in [-0.2, -0.15) is 5.26 Å². The average Bonchev–Trinajstić information content (AvgIpc) is 2.07. The molecule has 1 aliphatic carbocycles. The van der Waals surface area contributed by atoms with Crippen molar-refractivity contribution in [3.8, 4) is 6.07 Å². The highest BCUT2D eigenvalue weighted by Crippen LogP contribution is 2.47. The zero-order valence-electron chi connectivity index (χ0n) is 7.86. The van der Waals surface area contributed by atoms with Gasteiger partial charge < -0.3 is 0 Å². The summed E-state index contributed by atoms with van der Waals surface area (Å²) in [4.78, 5) is 0. The first-order chi connectivity index (χ1) is 7.09. The Bertz CT molecular complexity index is 425. The van der Waals surface area contributed by atoms with E-state index in [4.69, 9.17) is 16.9 Å². The van der Waals surface area contributed by atoms with Gasteiger partial charge in [0.15, 0.2) is 0 Å². The smallest absolute Gasteiger partial charge is 0.130 e. The fourth-order valence-corrected chi connectivity index (χ4v) is 3.10. The van der Waals surface area contributed by atoms with E-state index in [-0.39, 0.29) is 0 Å². The van der Waals surface area contributed by atoms with Crippen molar-refractivity contribution in [1.29, 1.82) is 5.26 Å². The molecule has 1 aliphatic rings. The average molecular weight is 289 g/mol. The maximum Gasteiger partial charge on any atom is 0.130 e. The van der Waals surface area contributed by atoms with Crippen LogP contribution in [0, 0.1) is 17.1 Å². The molecule has 1 aromatic rings. The molecule has 15 heavy (non-hydrogen) atoms. The molecule has 1 aromatic carbocycles. The van der Waals surface area contributed by atoms with Gasteiger partial charge in [0, 0.05) is 15.1 Å². The van der Waals surface area contributed by atoms with Crippen LogP contribution in [0.15, 0.2) is 16.6 Å². The predicted octanol–water partition coefficient (Wildman–Crippen LogP) is 4.19. The summed E-state index contributed by atoms with van der Waals surface area (Å²) in [7, 11) is 0. The van der Waals surface area contributed by atoms with Crippen molar-refractivity contribution in [1.82, 2.24) is 0 Å². The van der Waals surface area contributed by atoms with Crippen LogP contribution < -0.4 is 0 Å². The summed E-state index contributed by atoms with van der Waals surface area (Å²) in [6.45, 7) is 0. The largest absolute Gasteiger partial charge is 0.207 e. The van der Waals surface area contributed by atoms with E-state index >= 15 is 0 Å². The van der Waals surface area contributed by atoms with Gasteiger partial charge in [0.05, 0.1) is 11.5 Å². The third-order valence-electron chi connectivity index (χ3n) is 2.91. The zero-order valence-corrected chi connectivity index (χ0v) is 10.2. The Morgan fingerprint density at radius 1 is 1.47 bits per heavy atom. The molecule has 1 saturated carbocycles. The molecule has 0 aliphatic heterocycles. The van der Waals surface area contributed by atoms with Crippen LogP contribution in [0.5, 0.6) is 0 Å². The summed E-state index contributed by atoms with van der Waals surface area (Å²) in [5.74, 6) is -0.393. The van der Waals surface area contributed by atoms with Crippen LogP contribution >= 0.6 is 27.5 Å². The minimum absolute atomic E-state index is 0.343. The highest BCUT2D eigenvalue weighted by molar-refractivity contribution is 9.10. The molecule has 0 bridgehead atoms. The van der Waals surface area contributed by atoms with E-state index in [2.05, 4.69) is 22.0 Å². The van der Waals surface area contributed by atoms with Crippen molar-refractivity contribution in [2.45, 2.75) is 24.7 Å². The van der Waals surface area contributed by atoms with Gasteiger partial charge in [0.1, 0.15) is 5.82 Å². The van der Waals surface area contributed by atoms with Gasteiger partial charge in [0.2, 0.25) is 0 Å². The first-order valence-corrected chi connectivity index (χ1v) is 5.82. The molecule has 78 valence electrons. The predicted molar refractivity (Wildman–Crippen MR) is 60.3 cm³/mol. The lowest BCUT2D eigenvalue weighted by atomic mass is 9.65. The second-order valence-electron chi connectivity index (χ2n) is 3.79. The second-order valence-corrected chi connectivity index (χ2v) is 5.08. The molecule has 1 nitrogen and oxygen atoms in total. The molecule has 2 rings (SSSR count). The van der Waals surface area contributed by atoms with Crippen molar-refractivity contribution in [2.24, 2.45) is 0 Å². The van der Waals surface area contributed by atoms with Crippen LogP contribution in [0.4, 0.5) is 4.39 Å². The van der Waals surface area contributed by atoms with Crippen molar-refractivity contribution in [3.63, 3.8) is 0 Å². The van der Waals surface area contributed by atoms with Crippen molar-refractivity contribution >= 4 is 27.5 Å². The number of benzene rings is 1. The van der Waals surface area contributed by atoms with Crippen molar-refractivity contribution in [3.05, 3.63) is 33.0 Å². The van der Waals surface area contributed by atoms with Gasteiger partial charge in [-0.25, -0.2) is 4.39 Å². The van der Waals surface area contributed by atoms with E-state index in [0.717, 1.165) is 19.3 Å². The minimum Gasteiger partial charge on any atom is -0.207 e. The SMILES string of the molecule is N#CC1(c2c(F)cc(Cl)cc2Br)CCC1. The van der Waals surface area contributed by atoms with Crippen LogP contribution in [-0.2, 0) is 5.41 Å². The molecule has 0 saturated heterocycles. The quantitative estimate of drug-likeness (QED) is 0.760. The normalized spacial score (nSPS) is 18.0. The molecule has 0 N–H and O–H groups in total. The Labute approximate surface area is 101 Å². The fourth-order valence-electron chi connectivity index (χ4n) is 1.95. The fraction of sp³-hybridized carbons (Fsp3) is 0.364. The van der Waals surface area contributed by atoms with E-state index in [9.17, 15) is 4.39 Å². The maximum atomic E-state index is 13.7. The number of halogens is 3. The molecule has 0 amide bonds. The van der Waals surface area contributed by atoms with E-state index in [1.165, 1.54) is 6.07 Å². The van der Waals surface area contributed by atoms with Crippen LogP contribution in [0.1, 0.15) is 24.8 Å². The molecule has 0 spiro atoms. The summed E-state index contributed by atoms with van der Waals surface area (Å²) in [6.07, 6.45) is 2.42. The van der Waals surface area contributed by atoms with Gasteiger partial charge in [-0.15, -0.1) is 0 Å². The van der Waals surface area contributed by atoms with Crippen molar-refractivity contribution < 1.29 is 4.39 Å². The highest BCUT2D eigenvalue weighted by atomic mass is 79.9. The number of hydrogen-bond acceptors (Lipinski definition) is 1. The molecule has 0 atom stereocenters. The topological polar surface area (TPSA) is 23.8 Å². The van der Waals surface area contributed by atoms with E-state index in [1.807, 2.05) is 0 Å². The van der Waals surface area contributed by atoms with Crippen molar-refractivity contribution in [2.75, 3.05) is 0 Å². The minimum atomic E-state index is -0.645. The maximum absolute atomic E-state index is 13.7. The molecular formula is C11H8BrClFN. The van der Waals surface area contributed by atoms with Crippen LogP contribution in [0.3, 0.4) is 0 Å². The van der Waals surface area contributed by atoms with Crippen LogP contribution in [-0.4, -0.2) is 0 Å². The lowest BCUT2D eigenvalue weighted by Crippen LogP contribution is -2.33. The molecule has 1 fully saturated rings. The summed E-state index contributed by atoms with van der Waals surface area (Å²) in [6, 6.07) is 5.12. The second kappa shape index (κ2) is 3.77. The van der Waals surface area contributed by atoms with E-state index in [0.29, 0.717) is 15.1 Å². The first kappa shape index (κ1) is 10.9. The zero-order chi connectivity index (χ0) is 11.1. The number of hydrogen-bond donors (Lipinski definition) is 0. The summed E-state index contributed by atoms with van der Waals surface area (Å²) in [5.41, 5.74) is -0.186. The Balaban J connectivity index is 2.58. The molecule has 0 radical (unpaired) electrons. The monoisotopic (exact) mass is 287 g/mol. The third kappa shape index (κ3) is 1.66. The molecular weight excluding hydrogens is 280 g/mol. The Hall–Kier alpha value is -0.590. The van der Waals surface area contributed by atoms with Gasteiger partial charge in [-0.1, -0.05) is 27.5 Å². The number of rotatable bonds is 1. The Kier molecular flexibility index (Phi) is 2.74.